The van der Waals surface area contributed by atoms with Gasteiger partial charge in [0, 0.05) is 24.5 Å². The molecule has 2 heterocycles. The Morgan fingerprint density at radius 1 is 1.61 bits per heavy atom. The lowest BCUT2D eigenvalue weighted by atomic mass is 10.2. The Balaban J connectivity index is 2.15. The topological polar surface area (TPSA) is 85.3 Å². The predicted octanol–water partition coefficient (Wildman–Crippen LogP) is 0.505. The Kier molecular flexibility index (Phi) is 3.57. The third kappa shape index (κ3) is 2.65. The summed E-state index contributed by atoms with van der Waals surface area (Å²) >= 11 is 0. The van der Waals surface area contributed by atoms with E-state index in [4.69, 9.17) is 5.73 Å². The van der Waals surface area contributed by atoms with Gasteiger partial charge >= 0.3 is 0 Å². The van der Waals surface area contributed by atoms with Crippen molar-refractivity contribution in [1.82, 2.24) is 19.9 Å². The van der Waals surface area contributed by atoms with Crippen LogP contribution >= 0.6 is 0 Å². The molecule has 2 aromatic rings. The van der Waals surface area contributed by atoms with Gasteiger partial charge in [-0.3, -0.25) is 4.79 Å². The summed E-state index contributed by atoms with van der Waals surface area (Å²) in [5.41, 5.74) is 7.55. The second kappa shape index (κ2) is 5.14. The molecule has 0 spiro atoms. The molecular formula is C12H17N5O. The van der Waals surface area contributed by atoms with Crippen LogP contribution in [0.15, 0.2) is 18.5 Å². The summed E-state index contributed by atoms with van der Waals surface area (Å²) in [5, 5.41) is 6.91. The first-order valence-corrected chi connectivity index (χ1v) is 5.92. The van der Waals surface area contributed by atoms with Gasteiger partial charge in [0.1, 0.15) is 5.56 Å². The van der Waals surface area contributed by atoms with Crippen LogP contribution in [0, 0.1) is 6.92 Å². The quantitative estimate of drug-likeness (QED) is 0.824. The lowest BCUT2D eigenvalue weighted by Gasteiger charge is -2.06. The maximum Gasteiger partial charge on any atom is 0.256 e. The zero-order valence-electron chi connectivity index (χ0n) is 10.6. The van der Waals surface area contributed by atoms with Crippen LogP contribution in [0.2, 0.25) is 0 Å². The average Bonchev–Trinajstić information content (AvgIpc) is 2.71. The van der Waals surface area contributed by atoms with Crippen LogP contribution in [0.25, 0.3) is 5.65 Å². The number of aryl methyl sites for hydroxylation is 1. The second-order valence-electron chi connectivity index (χ2n) is 4.42. The minimum atomic E-state index is -0.163. The third-order valence-electron chi connectivity index (χ3n) is 2.64. The molecule has 18 heavy (non-hydrogen) atoms. The summed E-state index contributed by atoms with van der Waals surface area (Å²) in [6.07, 6.45) is 4.07. The highest BCUT2D eigenvalue weighted by molar-refractivity contribution is 5.99. The van der Waals surface area contributed by atoms with Gasteiger partial charge in [0.05, 0.1) is 6.20 Å². The molecule has 1 unspecified atom stereocenters. The number of nitrogens with one attached hydrogen (secondary N) is 1. The minimum Gasteiger partial charge on any atom is -0.352 e. The SMILES string of the molecule is Cc1ccn2ncc(C(=O)NCCC(C)N)c2n1. The normalized spacial score (nSPS) is 12.6. The number of fused-ring (bicyclic) bond motifs is 1. The van der Waals surface area contributed by atoms with Crippen molar-refractivity contribution >= 4 is 11.6 Å². The molecule has 6 nitrogen and oxygen atoms in total. The fraction of sp³-hybridized carbons (Fsp3) is 0.417. The van der Waals surface area contributed by atoms with Crippen LogP contribution in [0.1, 0.15) is 29.4 Å². The number of aromatic nitrogens is 3. The van der Waals surface area contributed by atoms with E-state index in [-0.39, 0.29) is 11.9 Å². The summed E-state index contributed by atoms with van der Waals surface area (Å²) in [5.74, 6) is -0.163. The van der Waals surface area contributed by atoms with Crippen molar-refractivity contribution in [3.63, 3.8) is 0 Å². The Labute approximate surface area is 105 Å². The van der Waals surface area contributed by atoms with Gasteiger partial charge in [0.2, 0.25) is 0 Å². The van der Waals surface area contributed by atoms with Crippen LogP contribution in [-0.2, 0) is 0 Å². The van der Waals surface area contributed by atoms with Crippen LogP contribution in [0.3, 0.4) is 0 Å². The molecule has 6 heteroatoms. The van der Waals surface area contributed by atoms with E-state index in [1.54, 1.807) is 10.7 Å². The van der Waals surface area contributed by atoms with Crippen molar-refractivity contribution in [3.8, 4) is 0 Å². The highest BCUT2D eigenvalue weighted by atomic mass is 16.1. The number of hydrogen-bond acceptors (Lipinski definition) is 4. The summed E-state index contributed by atoms with van der Waals surface area (Å²) in [7, 11) is 0. The number of carbonyl (C=O) groups excluding carboxylic acids is 1. The van der Waals surface area contributed by atoms with Gasteiger partial charge in [-0.05, 0) is 26.3 Å². The Bertz CT molecular complexity index is 561. The molecule has 0 saturated carbocycles. The Morgan fingerprint density at radius 3 is 3.11 bits per heavy atom. The summed E-state index contributed by atoms with van der Waals surface area (Å²) in [6.45, 7) is 4.34. The molecule has 0 bridgehead atoms. The van der Waals surface area contributed by atoms with Crippen molar-refractivity contribution in [2.45, 2.75) is 26.3 Å². The average molecular weight is 247 g/mol. The van der Waals surface area contributed by atoms with Crippen molar-refractivity contribution in [2.24, 2.45) is 5.73 Å². The van der Waals surface area contributed by atoms with E-state index < -0.39 is 0 Å². The van der Waals surface area contributed by atoms with Gasteiger partial charge in [-0.2, -0.15) is 5.10 Å². The first-order chi connectivity index (χ1) is 8.58. The molecule has 1 atom stereocenters. The monoisotopic (exact) mass is 247 g/mol. The summed E-state index contributed by atoms with van der Waals surface area (Å²) in [6, 6.07) is 1.92. The fourth-order valence-corrected chi connectivity index (χ4v) is 1.63. The zero-order valence-corrected chi connectivity index (χ0v) is 10.6. The molecular weight excluding hydrogens is 230 g/mol. The molecule has 3 N–H and O–H groups in total. The van der Waals surface area contributed by atoms with Crippen molar-refractivity contribution < 1.29 is 4.79 Å². The molecule has 0 radical (unpaired) electrons. The standard InChI is InChI=1S/C12H17N5O/c1-8(13)3-5-14-12(18)10-7-15-17-6-4-9(2)16-11(10)17/h4,6-8H,3,5,13H2,1-2H3,(H,14,18). The summed E-state index contributed by atoms with van der Waals surface area (Å²) in [4.78, 5) is 16.3. The number of rotatable bonds is 4. The van der Waals surface area contributed by atoms with Gasteiger partial charge in [-0.25, -0.2) is 9.50 Å². The van der Waals surface area contributed by atoms with Gasteiger partial charge in [0.15, 0.2) is 5.65 Å². The van der Waals surface area contributed by atoms with Crippen LogP contribution in [-0.4, -0.2) is 33.1 Å². The zero-order chi connectivity index (χ0) is 13.1. The van der Waals surface area contributed by atoms with Crippen molar-refractivity contribution in [3.05, 3.63) is 29.7 Å². The number of amides is 1. The first-order valence-electron chi connectivity index (χ1n) is 5.92. The number of nitrogens with zero attached hydrogens (tertiary/aromatic N) is 3. The summed E-state index contributed by atoms with van der Waals surface area (Å²) < 4.78 is 1.59. The van der Waals surface area contributed by atoms with E-state index in [1.165, 1.54) is 6.20 Å². The van der Waals surface area contributed by atoms with E-state index >= 15 is 0 Å². The Morgan fingerprint density at radius 2 is 2.39 bits per heavy atom. The molecule has 2 aromatic heterocycles. The van der Waals surface area contributed by atoms with Crippen molar-refractivity contribution in [1.29, 1.82) is 0 Å². The number of carbonyl (C=O) groups is 1. The minimum absolute atomic E-state index is 0.0783. The van der Waals surface area contributed by atoms with Gasteiger partial charge in [-0.1, -0.05) is 0 Å². The number of nitrogens with two attached hydrogens (primary N) is 1. The lowest BCUT2D eigenvalue weighted by molar-refractivity contribution is 0.0954. The molecule has 0 aromatic carbocycles. The van der Waals surface area contributed by atoms with E-state index in [1.807, 2.05) is 19.9 Å². The predicted molar refractivity (Wildman–Crippen MR) is 68.3 cm³/mol. The van der Waals surface area contributed by atoms with Crippen LogP contribution < -0.4 is 11.1 Å². The molecule has 0 saturated heterocycles. The lowest BCUT2D eigenvalue weighted by Crippen LogP contribution is -2.28. The maximum absolute atomic E-state index is 12.0. The molecule has 0 aliphatic rings. The second-order valence-corrected chi connectivity index (χ2v) is 4.42. The van der Waals surface area contributed by atoms with E-state index in [9.17, 15) is 4.79 Å². The highest BCUT2D eigenvalue weighted by Crippen LogP contribution is 2.08. The molecule has 2 rings (SSSR count). The smallest absolute Gasteiger partial charge is 0.256 e. The van der Waals surface area contributed by atoms with Crippen molar-refractivity contribution in [2.75, 3.05) is 6.54 Å². The maximum atomic E-state index is 12.0. The Hall–Kier alpha value is -1.95. The molecule has 0 aliphatic carbocycles. The van der Waals surface area contributed by atoms with E-state index in [0.29, 0.717) is 17.8 Å². The molecule has 0 aliphatic heterocycles. The molecule has 1 amide bonds. The molecule has 0 fully saturated rings. The van der Waals surface area contributed by atoms with Crippen LogP contribution in [0.4, 0.5) is 0 Å². The molecule has 96 valence electrons. The van der Waals surface area contributed by atoms with Gasteiger partial charge in [-0.15, -0.1) is 0 Å². The largest absolute Gasteiger partial charge is 0.352 e. The first kappa shape index (κ1) is 12.5. The van der Waals surface area contributed by atoms with Crippen LogP contribution in [0.5, 0.6) is 0 Å². The van der Waals surface area contributed by atoms with Gasteiger partial charge in [0.25, 0.3) is 5.91 Å². The fourth-order valence-electron chi connectivity index (χ4n) is 1.63. The highest BCUT2D eigenvalue weighted by Gasteiger charge is 2.13. The van der Waals surface area contributed by atoms with E-state index in [2.05, 4.69) is 15.4 Å². The van der Waals surface area contributed by atoms with E-state index in [0.717, 1.165) is 12.1 Å². The third-order valence-corrected chi connectivity index (χ3v) is 2.64. The number of hydrogen-bond donors (Lipinski definition) is 2. The van der Waals surface area contributed by atoms with Gasteiger partial charge < -0.3 is 11.1 Å².